The highest BCUT2D eigenvalue weighted by Crippen LogP contribution is 2.31. The highest BCUT2D eigenvalue weighted by atomic mass is 19.4. The van der Waals surface area contributed by atoms with Crippen molar-refractivity contribution in [2.24, 2.45) is 0 Å². The quantitative estimate of drug-likeness (QED) is 0.896. The number of halogens is 3. The molecule has 22 heavy (non-hydrogen) atoms. The minimum Gasteiger partial charge on any atom is -0.365 e. The summed E-state index contributed by atoms with van der Waals surface area (Å²) in [7, 11) is 0. The van der Waals surface area contributed by atoms with Gasteiger partial charge in [0.15, 0.2) is 5.82 Å². The molecule has 0 radical (unpaired) electrons. The average Bonchev–Trinajstić information content (AvgIpc) is 3.15. The molecule has 1 fully saturated rings. The smallest absolute Gasteiger partial charge is 0.365 e. The molecular weight excluding hydrogens is 301 g/mol. The summed E-state index contributed by atoms with van der Waals surface area (Å²) in [6, 6.07) is 0.831. The number of aromatic amines is 1. The Morgan fingerprint density at radius 3 is 2.91 bits per heavy atom. The van der Waals surface area contributed by atoms with Gasteiger partial charge in [-0.3, -0.25) is 5.10 Å². The van der Waals surface area contributed by atoms with E-state index in [-0.39, 0.29) is 18.2 Å². The normalized spacial score (nSPS) is 22.0. The molecule has 2 aromatic heterocycles. The van der Waals surface area contributed by atoms with E-state index in [2.05, 4.69) is 30.5 Å². The summed E-state index contributed by atoms with van der Waals surface area (Å²) in [6.45, 7) is 0.325. The van der Waals surface area contributed by atoms with Crippen LogP contribution < -0.4 is 5.32 Å². The second-order valence-electron chi connectivity index (χ2n) is 4.84. The van der Waals surface area contributed by atoms with Crippen LogP contribution in [0, 0.1) is 0 Å². The van der Waals surface area contributed by atoms with Gasteiger partial charge in [0.25, 0.3) is 0 Å². The lowest BCUT2D eigenvalue weighted by molar-refractivity contribution is -0.141. The van der Waals surface area contributed by atoms with Gasteiger partial charge in [0.05, 0.1) is 6.10 Å². The van der Waals surface area contributed by atoms with Crippen LogP contribution in [0.5, 0.6) is 0 Å². The van der Waals surface area contributed by atoms with Gasteiger partial charge in [-0.2, -0.15) is 18.3 Å². The molecule has 10 heteroatoms. The number of ether oxygens (including phenoxy) is 1. The predicted molar refractivity (Wildman–Crippen MR) is 68.8 cm³/mol. The number of rotatable bonds is 4. The van der Waals surface area contributed by atoms with Crippen molar-refractivity contribution in [3.05, 3.63) is 30.1 Å². The number of anilines is 1. The Bertz CT molecular complexity index is 618. The largest absolute Gasteiger partial charge is 0.433 e. The Balaban J connectivity index is 1.55. The molecule has 0 saturated carbocycles. The Morgan fingerprint density at radius 1 is 1.32 bits per heavy atom. The highest BCUT2D eigenvalue weighted by molar-refractivity contribution is 5.26. The van der Waals surface area contributed by atoms with Crippen LogP contribution in [0.15, 0.2) is 18.6 Å². The number of hydrogen-bond donors (Lipinski definition) is 2. The highest BCUT2D eigenvalue weighted by Gasteiger charge is 2.33. The first-order valence-electron chi connectivity index (χ1n) is 6.67. The van der Waals surface area contributed by atoms with E-state index in [0.29, 0.717) is 12.4 Å². The number of hydrogen-bond acceptors (Lipinski definition) is 6. The number of alkyl halides is 3. The average molecular weight is 314 g/mol. The van der Waals surface area contributed by atoms with E-state index in [0.717, 1.165) is 25.1 Å². The maximum absolute atomic E-state index is 12.6. The Kier molecular flexibility index (Phi) is 3.92. The van der Waals surface area contributed by atoms with Crippen LogP contribution in [0.25, 0.3) is 0 Å². The van der Waals surface area contributed by atoms with Crippen molar-refractivity contribution < 1.29 is 17.9 Å². The fourth-order valence-electron chi connectivity index (χ4n) is 2.23. The topological polar surface area (TPSA) is 88.6 Å². The van der Waals surface area contributed by atoms with Gasteiger partial charge in [-0.05, 0) is 18.9 Å². The van der Waals surface area contributed by atoms with Crippen molar-refractivity contribution in [3.63, 3.8) is 0 Å². The molecule has 118 valence electrons. The number of aromatic nitrogens is 5. The summed E-state index contributed by atoms with van der Waals surface area (Å²) in [4.78, 5) is 11.2. The molecule has 0 bridgehead atoms. The summed E-state index contributed by atoms with van der Waals surface area (Å²) in [5.74, 6) is 0.583. The van der Waals surface area contributed by atoms with Crippen LogP contribution in [-0.4, -0.2) is 37.8 Å². The first-order valence-corrected chi connectivity index (χ1v) is 6.67. The summed E-state index contributed by atoms with van der Waals surface area (Å²) >= 11 is 0. The van der Waals surface area contributed by atoms with Crippen molar-refractivity contribution in [3.8, 4) is 0 Å². The van der Waals surface area contributed by atoms with Gasteiger partial charge in [0.1, 0.15) is 18.1 Å². The third-order valence-corrected chi connectivity index (χ3v) is 3.28. The third-order valence-electron chi connectivity index (χ3n) is 3.28. The summed E-state index contributed by atoms with van der Waals surface area (Å²) in [6.07, 6.45) is -0.792. The molecule has 2 N–H and O–H groups in total. The zero-order valence-electron chi connectivity index (χ0n) is 11.3. The van der Waals surface area contributed by atoms with Gasteiger partial charge in [-0.15, -0.1) is 0 Å². The Morgan fingerprint density at radius 2 is 2.18 bits per heavy atom. The molecule has 1 saturated heterocycles. The lowest BCUT2D eigenvalue weighted by Crippen LogP contribution is -2.21. The van der Waals surface area contributed by atoms with Crippen molar-refractivity contribution >= 4 is 5.95 Å². The van der Waals surface area contributed by atoms with Gasteiger partial charge in [0, 0.05) is 12.7 Å². The second kappa shape index (κ2) is 5.87. The van der Waals surface area contributed by atoms with E-state index >= 15 is 0 Å². The summed E-state index contributed by atoms with van der Waals surface area (Å²) < 4.78 is 43.4. The first kappa shape index (κ1) is 14.7. The second-order valence-corrected chi connectivity index (χ2v) is 4.84. The molecule has 1 aliphatic heterocycles. The molecule has 2 aromatic rings. The number of H-pyrrole nitrogens is 1. The Hall–Kier alpha value is -2.23. The van der Waals surface area contributed by atoms with Crippen molar-refractivity contribution in [2.75, 3.05) is 11.9 Å². The van der Waals surface area contributed by atoms with Crippen LogP contribution in [0.2, 0.25) is 0 Å². The molecular formula is C12H13F3N6O. The van der Waals surface area contributed by atoms with E-state index in [9.17, 15) is 13.2 Å². The molecule has 3 rings (SSSR count). The fraction of sp³-hybridized carbons (Fsp3) is 0.500. The lowest BCUT2D eigenvalue weighted by Gasteiger charge is -2.13. The SMILES string of the molecule is FC(F)(F)c1ccnc(NC[C@@H]2CC[C@H](c3ncn[nH]3)O2)n1. The van der Waals surface area contributed by atoms with E-state index in [4.69, 9.17) is 4.74 Å². The fourth-order valence-corrected chi connectivity index (χ4v) is 2.23. The van der Waals surface area contributed by atoms with E-state index in [1.54, 1.807) is 0 Å². The van der Waals surface area contributed by atoms with Crippen LogP contribution in [0.1, 0.15) is 30.5 Å². The molecule has 3 heterocycles. The van der Waals surface area contributed by atoms with Crippen molar-refractivity contribution in [1.82, 2.24) is 25.1 Å². The van der Waals surface area contributed by atoms with Gasteiger partial charge in [0.2, 0.25) is 5.95 Å². The molecule has 1 aliphatic rings. The Labute approximate surface area is 123 Å². The first-order chi connectivity index (χ1) is 10.5. The van der Waals surface area contributed by atoms with Gasteiger partial charge < -0.3 is 10.1 Å². The van der Waals surface area contributed by atoms with Gasteiger partial charge in [-0.1, -0.05) is 0 Å². The molecule has 0 aliphatic carbocycles. The molecule has 2 atom stereocenters. The summed E-state index contributed by atoms with van der Waals surface area (Å²) in [5.41, 5.74) is -0.975. The maximum atomic E-state index is 12.6. The minimum atomic E-state index is -4.49. The predicted octanol–water partition coefficient (Wildman–Crippen LogP) is 1.95. The standard InChI is InChI=1S/C12H13F3N6O/c13-12(14,15)9-3-4-16-11(20-9)17-5-7-1-2-8(22-7)10-18-6-19-21-10/h3-4,6-8H,1-2,5H2,(H,16,17,20)(H,18,19,21)/t7-,8+/m0/s1. The van der Waals surface area contributed by atoms with Crippen LogP contribution in [-0.2, 0) is 10.9 Å². The van der Waals surface area contributed by atoms with E-state index < -0.39 is 11.9 Å². The van der Waals surface area contributed by atoms with Gasteiger partial charge in [-0.25, -0.2) is 15.0 Å². The third kappa shape index (κ3) is 3.32. The van der Waals surface area contributed by atoms with Crippen LogP contribution in [0.3, 0.4) is 0 Å². The number of nitrogens with one attached hydrogen (secondary N) is 2. The lowest BCUT2D eigenvalue weighted by atomic mass is 10.2. The van der Waals surface area contributed by atoms with E-state index in [1.807, 2.05) is 0 Å². The maximum Gasteiger partial charge on any atom is 0.433 e. The van der Waals surface area contributed by atoms with E-state index in [1.165, 1.54) is 6.33 Å². The molecule has 0 aromatic carbocycles. The molecule has 0 unspecified atom stereocenters. The molecule has 0 spiro atoms. The zero-order chi connectivity index (χ0) is 15.6. The summed E-state index contributed by atoms with van der Waals surface area (Å²) in [5, 5.41) is 9.27. The number of nitrogens with zero attached hydrogens (tertiary/aromatic N) is 4. The molecule has 7 nitrogen and oxygen atoms in total. The van der Waals surface area contributed by atoms with Crippen LogP contribution in [0.4, 0.5) is 19.1 Å². The molecule has 0 amide bonds. The van der Waals surface area contributed by atoms with Crippen molar-refractivity contribution in [2.45, 2.75) is 31.2 Å². The monoisotopic (exact) mass is 314 g/mol. The zero-order valence-corrected chi connectivity index (χ0v) is 11.3. The van der Waals surface area contributed by atoms with Crippen LogP contribution >= 0.6 is 0 Å². The van der Waals surface area contributed by atoms with Crippen molar-refractivity contribution in [1.29, 1.82) is 0 Å². The minimum absolute atomic E-state index is 0.0680. The van der Waals surface area contributed by atoms with Gasteiger partial charge >= 0.3 is 6.18 Å².